The van der Waals surface area contributed by atoms with E-state index in [4.69, 9.17) is 46.3 Å². The minimum Gasteiger partial charge on any atom is -0.308 e. The number of hydrazine groups is 2. The third kappa shape index (κ3) is 2.63. The van der Waals surface area contributed by atoms with Gasteiger partial charge in [0.25, 0.3) is 0 Å². The normalized spacial score (nSPS) is 22.9. The van der Waals surface area contributed by atoms with E-state index in [1.54, 1.807) is 0 Å². The van der Waals surface area contributed by atoms with Gasteiger partial charge in [-0.2, -0.15) is 5.53 Å². The molecule has 1 heterocycles. The highest BCUT2D eigenvalue weighted by atomic mass is 35.6. The largest absolute Gasteiger partial charge is 0.308 e. The fourth-order valence-corrected chi connectivity index (χ4v) is 0.976. The topological polar surface area (TPSA) is 88.1 Å². The molecule has 70 valence electrons. The number of alkyl halides is 3. The predicted molar refractivity (Wildman–Crippen MR) is 48.9 cm³/mol. The molecule has 0 saturated heterocycles. The van der Waals surface area contributed by atoms with E-state index in [0.717, 1.165) is 0 Å². The third-order valence-electron chi connectivity index (χ3n) is 1.16. The average molecular weight is 233 g/mol. The van der Waals surface area contributed by atoms with Crippen LogP contribution in [0.4, 0.5) is 0 Å². The van der Waals surface area contributed by atoms with Crippen molar-refractivity contribution < 1.29 is 0 Å². The lowest BCUT2D eigenvalue weighted by Crippen LogP contribution is -2.70. The lowest BCUT2D eigenvalue weighted by molar-refractivity contribution is 0.304. The van der Waals surface area contributed by atoms with Gasteiger partial charge in [0.2, 0.25) is 3.79 Å². The average Bonchev–Trinajstić information content (AvgIpc) is 1.83. The van der Waals surface area contributed by atoms with Gasteiger partial charge in [-0.3, -0.25) is 11.5 Å². The van der Waals surface area contributed by atoms with Crippen LogP contribution in [0.15, 0.2) is 11.8 Å². The van der Waals surface area contributed by atoms with E-state index in [-0.39, 0.29) is 5.70 Å². The number of nitrogens with one attached hydrogen (secondary N) is 3. The summed E-state index contributed by atoms with van der Waals surface area (Å²) < 4.78 is -1.57. The van der Waals surface area contributed by atoms with Gasteiger partial charge in [0, 0.05) is 0 Å². The molecule has 0 amide bonds. The van der Waals surface area contributed by atoms with Crippen molar-refractivity contribution in [2.24, 2.45) is 11.5 Å². The van der Waals surface area contributed by atoms with Gasteiger partial charge >= 0.3 is 0 Å². The van der Waals surface area contributed by atoms with E-state index in [9.17, 15) is 0 Å². The van der Waals surface area contributed by atoms with Crippen LogP contribution in [0.3, 0.4) is 0 Å². The van der Waals surface area contributed by atoms with Crippen LogP contribution in [-0.4, -0.2) is 9.58 Å². The first-order valence-corrected chi connectivity index (χ1v) is 4.11. The number of nitrogens with two attached hydrogens (primary N) is 2. The Morgan fingerprint density at radius 2 is 1.92 bits per heavy atom. The summed E-state index contributed by atoms with van der Waals surface area (Å²) in [6.07, 6.45) is 1.37. The van der Waals surface area contributed by atoms with Gasteiger partial charge in [-0.25, -0.2) is 5.43 Å². The molecule has 0 aromatic carbocycles. The molecule has 5 nitrogen and oxygen atoms in total. The molecule has 7 N–H and O–H groups in total. The van der Waals surface area contributed by atoms with Crippen molar-refractivity contribution in [1.82, 2.24) is 16.4 Å². The van der Waals surface area contributed by atoms with Gasteiger partial charge in [-0.15, -0.1) is 0 Å². The fourth-order valence-electron chi connectivity index (χ4n) is 0.671. The minimum absolute atomic E-state index is 0.274. The zero-order chi connectivity index (χ0) is 9.41. The van der Waals surface area contributed by atoms with E-state index in [2.05, 4.69) is 16.4 Å². The summed E-state index contributed by atoms with van der Waals surface area (Å²) in [5.41, 5.74) is 18.7. The van der Waals surface area contributed by atoms with Gasteiger partial charge in [-0.1, -0.05) is 34.8 Å². The van der Waals surface area contributed by atoms with Gasteiger partial charge in [0.15, 0.2) is 5.79 Å². The van der Waals surface area contributed by atoms with Crippen LogP contribution in [0, 0.1) is 0 Å². The fraction of sp³-hybridized carbons (Fsp3) is 0.500. The molecule has 0 radical (unpaired) electrons. The van der Waals surface area contributed by atoms with Crippen LogP contribution in [0.2, 0.25) is 0 Å². The van der Waals surface area contributed by atoms with Gasteiger partial charge in [0.05, 0.1) is 5.70 Å². The maximum absolute atomic E-state index is 5.56. The third-order valence-corrected chi connectivity index (χ3v) is 1.78. The second kappa shape index (κ2) is 3.19. The highest BCUT2D eigenvalue weighted by Crippen LogP contribution is 2.33. The molecule has 0 aliphatic carbocycles. The maximum Gasteiger partial charge on any atom is 0.231 e. The van der Waals surface area contributed by atoms with Crippen molar-refractivity contribution in [2.75, 3.05) is 0 Å². The first-order chi connectivity index (χ1) is 5.31. The van der Waals surface area contributed by atoms with Gasteiger partial charge < -0.3 is 5.43 Å². The number of hydrogen-bond donors (Lipinski definition) is 5. The number of hydrogen-bond acceptors (Lipinski definition) is 5. The maximum atomic E-state index is 5.56. The van der Waals surface area contributed by atoms with Crippen molar-refractivity contribution in [3.63, 3.8) is 0 Å². The molecule has 0 fully saturated rings. The Morgan fingerprint density at radius 1 is 1.33 bits per heavy atom. The summed E-state index contributed by atoms with van der Waals surface area (Å²) >= 11 is 16.7. The summed E-state index contributed by atoms with van der Waals surface area (Å²) in [6, 6.07) is 0. The molecule has 0 bridgehead atoms. The second-order valence-corrected chi connectivity index (χ2v) is 4.65. The second-order valence-electron chi connectivity index (χ2n) is 2.36. The molecule has 1 aliphatic heterocycles. The molecule has 0 aromatic heterocycles. The van der Waals surface area contributed by atoms with Crippen molar-refractivity contribution in [3.05, 3.63) is 11.8 Å². The number of rotatable bonds is 0. The Labute approximate surface area is 84.3 Å². The van der Waals surface area contributed by atoms with Crippen LogP contribution < -0.4 is 27.9 Å². The number of allylic oxidation sites excluding steroid dienone is 1. The van der Waals surface area contributed by atoms with Crippen LogP contribution in [-0.2, 0) is 0 Å². The Hall–Kier alpha value is 0.250. The van der Waals surface area contributed by atoms with Crippen LogP contribution >= 0.6 is 34.8 Å². The summed E-state index contributed by atoms with van der Waals surface area (Å²) in [5.74, 6) is -1.23. The summed E-state index contributed by atoms with van der Waals surface area (Å²) in [6.45, 7) is 0. The van der Waals surface area contributed by atoms with Crippen LogP contribution in [0.1, 0.15) is 0 Å². The van der Waals surface area contributed by atoms with E-state index < -0.39 is 9.58 Å². The van der Waals surface area contributed by atoms with E-state index in [1.807, 2.05) is 0 Å². The van der Waals surface area contributed by atoms with E-state index >= 15 is 0 Å². The Balaban J connectivity index is 2.85. The molecule has 1 aliphatic rings. The van der Waals surface area contributed by atoms with E-state index in [1.165, 1.54) is 6.08 Å². The highest BCUT2D eigenvalue weighted by molar-refractivity contribution is 6.69. The zero-order valence-electron chi connectivity index (χ0n) is 5.87. The first kappa shape index (κ1) is 10.3. The van der Waals surface area contributed by atoms with Crippen LogP contribution in [0.5, 0.6) is 0 Å². The summed E-state index contributed by atoms with van der Waals surface area (Å²) in [5, 5.41) is 0. The van der Waals surface area contributed by atoms with Crippen LogP contribution in [0.25, 0.3) is 0 Å². The molecular formula is C4H8Cl3N5. The molecular weight excluding hydrogens is 224 g/mol. The van der Waals surface area contributed by atoms with Gasteiger partial charge in [-0.05, 0) is 6.08 Å². The Bertz CT molecular complexity index is 207. The van der Waals surface area contributed by atoms with Crippen molar-refractivity contribution in [3.8, 4) is 0 Å². The molecule has 0 atom stereocenters. The molecule has 8 heteroatoms. The zero-order valence-corrected chi connectivity index (χ0v) is 8.13. The monoisotopic (exact) mass is 231 g/mol. The molecule has 12 heavy (non-hydrogen) atoms. The number of halogens is 3. The van der Waals surface area contributed by atoms with Gasteiger partial charge in [0.1, 0.15) is 0 Å². The minimum atomic E-state index is -1.57. The summed E-state index contributed by atoms with van der Waals surface area (Å²) in [7, 11) is 0. The highest BCUT2D eigenvalue weighted by Gasteiger charge is 2.32. The predicted octanol–water partition coefficient (Wildman–Crippen LogP) is -0.576. The standard InChI is InChI=1S/C4H8Cl3N5/c5-4(6,7)2-1-3(8,9)11-12-10-2/h1,10-12H,8-9H2. The Morgan fingerprint density at radius 3 is 2.25 bits per heavy atom. The molecule has 0 spiro atoms. The van der Waals surface area contributed by atoms with Crippen molar-refractivity contribution >= 4 is 34.8 Å². The lowest BCUT2D eigenvalue weighted by atomic mass is 10.3. The summed E-state index contributed by atoms with van der Waals surface area (Å²) in [4.78, 5) is 0. The SMILES string of the molecule is NC1(N)C=C(C(Cl)(Cl)Cl)NNN1. The first-order valence-electron chi connectivity index (χ1n) is 2.97. The lowest BCUT2D eigenvalue weighted by Gasteiger charge is -2.32. The van der Waals surface area contributed by atoms with E-state index in [0.29, 0.717) is 0 Å². The molecule has 1 rings (SSSR count). The molecule has 0 unspecified atom stereocenters. The quantitative estimate of drug-likeness (QED) is 0.285. The molecule has 0 saturated carbocycles. The van der Waals surface area contributed by atoms with Crippen molar-refractivity contribution in [1.29, 1.82) is 0 Å². The smallest absolute Gasteiger partial charge is 0.231 e. The molecule has 0 aromatic rings. The van der Waals surface area contributed by atoms with Crippen molar-refractivity contribution in [2.45, 2.75) is 9.58 Å². The Kier molecular flexibility index (Phi) is 2.75.